The fourth-order valence-corrected chi connectivity index (χ4v) is 2.18. The van der Waals surface area contributed by atoms with Gasteiger partial charge in [0.05, 0.1) is 7.11 Å². The maximum atomic E-state index is 8.77. The van der Waals surface area contributed by atoms with Crippen LogP contribution in [0.2, 0.25) is 0 Å². The van der Waals surface area contributed by atoms with E-state index in [1.54, 1.807) is 7.11 Å². The van der Waals surface area contributed by atoms with Gasteiger partial charge in [0.2, 0.25) is 0 Å². The third kappa shape index (κ3) is 5.24. The van der Waals surface area contributed by atoms with Crippen molar-refractivity contribution in [2.24, 2.45) is 5.92 Å². The minimum absolute atomic E-state index is 0.115. The highest BCUT2D eigenvalue weighted by molar-refractivity contribution is 5.44. The monoisotopic (exact) mass is 275 g/mol. The zero-order chi connectivity index (χ0) is 15.0. The van der Waals surface area contributed by atoms with Crippen LogP contribution in [0.25, 0.3) is 0 Å². The second kappa shape index (κ2) is 8.63. The van der Waals surface area contributed by atoms with Crippen molar-refractivity contribution in [1.29, 1.82) is 0 Å². The summed E-state index contributed by atoms with van der Waals surface area (Å²) in [6.45, 7) is 9.43. The number of nitrogens with zero attached hydrogens (tertiary/aromatic N) is 1. The van der Waals surface area contributed by atoms with E-state index < -0.39 is 0 Å². The van der Waals surface area contributed by atoms with Crippen LogP contribution in [0.5, 0.6) is 5.75 Å². The zero-order valence-electron chi connectivity index (χ0n) is 12.9. The Morgan fingerprint density at radius 3 is 2.65 bits per heavy atom. The number of hydrogen-bond donors (Lipinski definition) is 1. The minimum atomic E-state index is -0.115. The van der Waals surface area contributed by atoms with E-state index in [9.17, 15) is 0 Å². The lowest BCUT2D eigenvalue weighted by Gasteiger charge is -2.23. The van der Waals surface area contributed by atoms with Crippen LogP contribution in [0.4, 0.5) is 0 Å². The molecule has 0 aliphatic rings. The van der Waals surface area contributed by atoms with E-state index in [0.29, 0.717) is 5.92 Å². The Morgan fingerprint density at radius 1 is 1.35 bits per heavy atom. The number of aliphatic hydroxyl groups is 1. The Bertz CT molecular complexity index is 472. The molecule has 0 atom stereocenters. The van der Waals surface area contributed by atoms with Gasteiger partial charge in [-0.2, -0.15) is 0 Å². The topological polar surface area (TPSA) is 32.7 Å². The molecule has 0 fully saturated rings. The third-order valence-electron chi connectivity index (χ3n) is 3.06. The molecule has 0 saturated carbocycles. The third-order valence-corrected chi connectivity index (χ3v) is 3.06. The highest BCUT2D eigenvalue weighted by Gasteiger charge is 2.10. The van der Waals surface area contributed by atoms with E-state index >= 15 is 0 Å². The van der Waals surface area contributed by atoms with Crippen molar-refractivity contribution in [2.75, 3.05) is 26.8 Å². The van der Waals surface area contributed by atoms with Crippen LogP contribution in [-0.4, -0.2) is 36.8 Å². The molecule has 0 radical (unpaired) electrons. The van der Waals surface area contributed by atoms with Crippen LogP contribution < -0.4 is 4.74 Å². The van der Waals surface area contributed by atoms with Crippen molar-refractivity contribution < 1.29 is 9.84 Å². The maximum absolute atomic E-state index is 8.77. The predicted octanol–water partition coefficient (Wildman–Crippen LogP) is 2.52. The van der Waals surface area contributed by atoms with Gasteiger partial charge in [0.1, 0.15) is 12.4 Å². The number of ether oxygens (including phenoxy) is 1. The number of methoxy groups -OCH3 is 1. The molecular weight excluding hydrogens is 250 g/mol. The summed E-state index contributed by atoms with van der Waals surface area (Å²) in [6.07, 6.45) is 0. The largest absolute Gasteiger partial charge is 0.496 e. The SMILES string of the molecule is CCN(Cc1cc(C#CCO)ccc1OC)CC(C)C. The zero-order valence-corrected chi connectivity index (χ0v) is 12.9. The Morgan fingerprint density at radius 2 is 2.10 bits per heavy atom. The molecule has 1 rings (SSSR count). The molecule has 0 saturated heterocycles. The molecule has 0 unspecified atom stereocenters. The van der Waals surface area contributed by atoms with E-state index in [-0.39, 0.29) is 6.61 Å². The second-order valence-corrected chi connectivity index (χ2v) is 5.21. The number of aliphatic hydroxyl groups excluding tert-OH is 1. The fraction of sp³-hybridized carbons (Fsp3) is 0.529. The standard InChI is InChI=1S/C17H25NO2/c1-5-18(12-14(2)3)13-16-11-15(7-6-10-19)8-9-17(16)20-4/h8-9,11,14,19H,5,10,12-13H2,1-4H3. The molecule has 110 valence electrons. The van der Waals surface area contributed by atoms with Gasteiger partial charge in [-0.05, 0) is 30.7 Å². The lowest BCUT2D eigenvalue weighted by Crippen LogP contribution is -2.27. The molecule has 1 aromatic carbocycles. The average molecular weight is 275 g/mol. The van der Waals surface area contributed by atoms with Crippen LogP contribution in [0, 0.1) is 17.8 Å². The molecule has 20 heavy (non-hydrogen) atoms. The Kier molecular flexibility index (Phi) is 7.14. The summed E-state index contributed by atoms with van der Waals surface area (Å²) in [5.41, 5.74) is 2.05. The van der Waals surface area contributed by atoms with E-state index in [0.717, 1.165) is 36.5 Å². The van der Waals surface area contributed by atoms with Crippen LogP contribution in [-0.2, 0) is 6.54 Å². The summed E-state index contributed by atoms with van der Waals surface area (Å²) in [5.74, 6) is 7.15. The summed E-state index contributed by atoms with van der Waals surface area (Å²) >= 11 is 0. The van der Waals surface area contributed by atoms with Crippen molar-refractivity contribution in [3.8, 4) is 17.6 Å². The van der Waals surface area contributed by atoms with Gasteiger partial charge in [-0.25, -0.2) is 0 Å². The van der Waals surface area contributed by atoms with Gasteiger partial charge in [-0.3, -0.25) is 4.90 Å². The Balaban J connectivity index is 2.94. The van der Waals surface area contributed by atoms with Gasteiger partial charge in [0, 0.05) is 24.2 Å². The highest BCUT2D eigenvalue weighted by Crippen LogP contribution is 2.21. The smallest absolute Gasteiger partial charge is 0.123 e. The lowest BCUT2D eigenvalue weighted by molar-refractivity contribution is 0.244. The first-order chi connectivity index (χ1) is 9.60. The first-order valence-corrected chi connectivity index (χ1v) is 7.09. The Hall–Kier alpha value is -1.50. The molecule has 0 aliphatic heterocycles. The lowest BCUT2D eigenvalue weighted by atomic mass is 10.1. The Labute approximate surface area is 122 Å². The summed E-state index contributed by atoms with van der Waals surface area (Å²) in [7, 11) is 1.69. The van der Waals surface area contributed by atoms with Crippen LogP contribution in [0.3, 0.4) is 0 Å². The molecule has 0 amide bonds. The molecule has 0 heterocycles. The average Bonchev–Trinajstić information content (AvgIpc) is 2.44. The highest BCUT2D eigenvalue weighted by atomic mass is 16.5. The van der Waals surface area contributed by atoms with Gasteiger partial charge < -0.3 is 9.84 Å². The number of hydrogen-bond acceptors (Lipinski definition) is 3. The number of rotatable bonds is 6. The summed E-state index contributed by atoms with van der Waals surface area (Å²) in [6, 6.07) is 5.91. The van der Waals surface area contributed by atoms with E-state index in [1.807, 2.05) is 18.2 Å². The van der Waals surface area contributed by atoms with Crippen molar-refractivity contribution in [3.63, 3.8) is 0 Å². The van der Waals surface area contributed by atoms with Gasteiger partial charge in [0.15, 0.2) is 0 Å². The normalized spacial score (nSPS) is 10.6. The molecule has 1 N–H and O–H groups in total. The molecule has 1 aromatic rings. The molecule has 0 spiro atoms. The first kappa shape index (κ1) is 16.6. The van der Waals surface area contributed by atoms with Crippen LogP contribution >= 0.6 is 0 Å². The van der Waals surface area contributed by atoms with E-state index in [1.165, 1.54) is 0 Å². The van der Waals surface area contributed by atoms with Crippen LogP contribution in [0.15, 0.2) is 18.2 Å². The van der Waals surface area contributed by atoms with Crippen molar-refractivity contribution in [2.45, 2.75) is 27.3 Å². The van der Waals surface area contributed by atoms with Crippen molar-refractivity contribution >= 4 is 0 Å². The summed E-state index contributed by atoms with van der Waals surface area (Å²) < 4.78 is 5.43. The summed E-state index contributed by atoms with van der Waals surface area (Å²) in [5, 5.41) is 8.77. The summed E-state index contributed by atoms with van der Waals surface area (Å²) in [4.78, 5) is 2.39. The van der Waals surface area contributed by atoms with Crippen molar-refractivity contribution in [3.05, 3.63) is 29.3 Å². The molecule has 3 heteroatoms. The van der Waals surface area contributed by atoms with Gasteiger partial charge in [0.25, 0.3) is 0 Å². The van der Waals surface area contributed by atoms with E-state index in [2.05, 4.69) is 37.5 Å². The number of benzene rings is 1. The van der Waals surface area contributed by atoms with E-state index in [4.69, 9.17) is 9.84 Å². The quantitative estimate of drug-likeness (QED) is 0.810. The molecule has 0 bridgehead atoms. The van der Waals surface area contributed by atoms with Crippen molar-refractivity contribution in [1.82, 2.24) is 4.90 Å². The second-order valence-electron chi connectivity index (χ2n) is 5.21. The minimum Gasteiger partial charge on any atom is -0.496 e. The molecule has 3 nitrogen and oxygen atoms in total. The molecule has 0 aliphatic carbocycles. The fourth-order valence-electron chi connectivity index (χ4n) is 2.18. The van der Waals surface area contributed by atoms with Gasteiger partial charge in [-0.15, -0.1) is 0 Å². The predicted molar refractivity (Wildman–Crippen MR) is 82.7 cm³/mol. The molecule has 0 aromatic heterocycles. The van der Waals surface area contributed by atoms with Gasteiger partial charge >= 0.3 is 0 Å². The maximum Gasteiger partial charge on any atom is 0.123 e. The first-order valence-electron chi connectivity index (χ1n) is 7.09. The van der Waals surface area contributed by atoms with Gasteiger partial charge in [-0.1, -0.05) is 32.6 Å². The van der Waals surface area contributed by atoms with Crippen LogP contribution in [0.1, 0.15) is 31.9 Å². The molecular formula is C17H25NO2.